The normalized spacial score (nSPS) is 18.1. The number of benzene rings is 1. The molecule has 1 saturated carbocycles. The smallest absolute Gasteiger partial charge is 0.320 e. The molecule has 0 radical (unpaired) electrons. The second-order valence-corrected chi connectivity index (χ2v) is 7.30. The highest BCUT2D eigenvalue weighted by molar-refractivity contribution is 6.00. The first-order chi connectivity index (χ1) is 15.5. The molecule has 0 atom stereocenters. The monoisotopic (exact) mass is 443 g/mol. The molecule has 2 N–H and O–H groups in total. The summed E-state index contributed by atoms with van der Waals surface area (Å²) in [6.07, 6.45) is 5.64. The van der Waals surface area contributed by atoms with Crippen LogP contribution >= 0.6 is 0 Å². The molecule has 1 aliphatic carbocycles. The van der Waals surface area contributed by atoms with Crippen molar-refractivity contribution in [2.75, 3.05) is 10.6 Å². The summed E-state index contributed by atoms with van der Waals surface area (Å²) in [4.78, 5) is 27.3. The first kappa shape index (κ1) is 21.3. The number of hydrogen-bond donors (Lipinski definition) is 2. The molecular weight excluding hydrogens is 424 g/mol. The van der Waals surface area contributed by atoms with Crippen LogP contribution in [0.15, 0.2) is 40.9 Å². The molecule has 11 heteroatoms. The van der Waals surface area contributed by atoms with Gasteiger partial charge in [-0.3, -0.25) is 4.79 Å². The molecule has 32 heavy (non-hydrogen) atoms. The molecule has 1 aromatic carbocycles. The fourth-order valence-corrected chi connectivity index (χ4v) is 3.28. The van der Waals surface area contributed by atoms with Crippen LogP contribution < -0.4 is 15.4 Å². The Morgan fingerprint density at radius 3 is 2.53 bits per heavy atom. The van der Waals surface area contributed by atoms with Crippen LogP contribution in [-0.4, -0.2) is 33.5 Å². The quantitative estimate of drug-likeness (QED) is 0.528. The molecule has 0 spiro atoms. The van der Waals surface area contributed by atoms with E-state index in [1.807, 2.05) is 0 Å². The van der Waals surface area contributed by atoms with Gasteiger partial charge in [-0.05, 0) is 43.9 Å². The van der Waals surface area contributed by atoms with Gasteiger partial charge in [-0.1, -0.05) is 5.10 Å². The lowest BCUT2D eigenvalue weighted by Crippen LogP contribution is -2.25. The van der Waals surface area contributed by atoms with Gasteiger partial charge >= 0.3 is 17.8 Å². The van der Waals surface area contributed by atoms with Crippen molar-refractivity contribution in [3.63, 3.8) is 0 Å². The SMILES string of the molecule is O=C[C@H]1CC[C@@H](Oc2ccc(NC(=O)c3nnc(Nc4ccc(F)c(F)c4)o3)cn2)CC1. The molecule has 2 aromatic heterocycles. The summed E-state index contributed by atoms with van der Waals surface area (Å²) in [6.45, 7) is 0. The molecule has 4 rings (SSSR count). The lowest BCUT2D eigenvalue weighted by Gasteiger charge is -2.25. The molecule has 1 amide bonds. The Balaban J connectivity index is 1.31. The van der Waals surface area contributed by atoms with Crippen molar-refractivity contribution < 1.29 is 27.5 Å². The standard InChI is InChI=1S/C21H19F2N5O4/c22-16-7-3-13(9-17(16)23)26-21-28-27-20(32-21)19(30)25-14-4-8-18(24-10-14)31-15-5-1-12(11-29)2-6-15/h3-4,7-12,15H,1-2,5-6H2,(H,25,30)(H,26,28)/t12-,15+. The third-order valence-corrected chi connectivity index (χ3v) is 4.98. The van der Waals surface area contributed by atoms with Crippen LogP contribution in [0, 0.1) is 17.6 Å². The van der Waals surface area contributed by atoms with Gasteiger partial charge in [0.1, 0.15) is 12.4 Å². The lowest BCUT2D eigenvalue weighted by molar-refractivity contribution is -0.112. The van der Waals surface area contributed by atoms with Crippen LogP contribution in [0.25, 0.3) is 0 Å². The van der Waals surface area contributed by atoms with Gasteiger partial charge < -0.3 is 24.6 Å². The summed E-state index contributed by atoms with van der Waals surface area (Å²) in [7, 11) is 0. The Morgan fingerprint density at radius 2 is 1.84 bits per heavy atom. The maximum absolute atomic E-state index is 13.3. The van der Waals surface area contributed by atoms with E-state index in [1.165, 1.54) is 12.3 Å². The zero-order valence-electron chi connectivity index (χ0n) is 16.8. The summed E-state index contributed by atoms with van der Waals surface area (Å²) in [6, 6.07) is 6.23. The van der Waals surface area contributed by atoms with Gasteiger partial charge in [-0.25, -0.2) is 13.8 Å². The minimum Gasteiger partial charge on any atom is -0.474 e. The van der Waals surface area contributed by atoms with Crippen molar-refractivity contribution in [2.24, 2.45) is 5.92 Å². The molecule has 166 valence electrons. The molecule has 1 fully saturated rings. The highest BCUT2D eigenvalue weighted by Gasteiger charge is 2.22. The van der Waals surface area contributed by atoms with Crippen LogP contribution in [0.5, 0.6) is 5.88 Å². The molecular formula is C21H19F2N5O4. The molecule has 0 saturated heterocycles. The van der Waals surface area contributed by atoms with Crippen molar-refractivity contribution in [1.82, 2.24) is 15.2 Å². The largest absolute Gasteiger partial charge is 0.474 e. The van der Waals surface area contributed by atoms with Crippen LogP contribution in [0.1, 0.15) is 36.4 Å². The average molecular weight is 443 g/mol. The maximum Gasteiger partial charge on any atom is 0.320 e. The van der Waals surface area contributed by atoms with Gasteiger partial charge in [0, 0.05) is 23.7 Å². The fourth-order valence-electron chi connectivity index (χ4n) is 3.28. The predicted octanol–water partition coefficient (Wildman–Crippen LogP) is 3.88. The van der Waals surface area contributed by atoms with Crippen molar-refractivity contribution >= 4 is 29.6 Å². The number of halogens is 2. The Bertz CT molecular complexity index is 1100. The van der Waals surface area contributed by atoms with Crippen molar-refractivity contribution in [1.29, 1.82) is 0 Å². The summed E-state index contributed by atoms with van der Waals surface area (Å²) in [5, 5.41) is 12.4. The average Bonchev–Trinajstić information content (AvgIpc) is 3.27. The predicted molar refractivity (Wildman–Crippen MR) is 109 cm³/mol. The number of carbonyl (C=O) groups is 2. The summed E-state index contributed by atoms with van der Waals surface area (Å²) in [5.41, 5.74) is 0.569. The Hall–Kier alpha value is -3.89. The topological polar surface area (TPSA) is 119 Å². The number of nitrogens with zero attached hydrogens (tertiary/aromatic N) is 3. The molecule has 3 aromatic rings. The van der Waals surface area contributed by atoms with Gasteiger partial charge in [0.25, 0.3) is 0 Å². The summed E-state index contributed by atoms with van der Waals surface area (Å²) >= 11 is 0. The van der Waals surface area contributed by atoms with Crippen molar-refractivity contribution in [2.45, 2.75) is 31.8 Å². The molecule has 0 bridgehead atoms. The highest BCUT2D eigenvalue weighted by atomic mass is 19.2. The summed E-state index contributed by atoms with van der Waals surface area (Å²) in [5.74, 6) is -2.50. The zero-order valence-corrected chi connectivity index (χ0v) is 16.8. The number of ether oxygens (including phenoxy) is 1. The maximum atomic E-state index is 13.3. The van der Waals surface area contributed by atoms with Gasteiger partial charge in [0.05, 0.1) is 11.9 Å². The number of carbonyl (C=O) groups excluding carboxylic acids is 2. The van der Waals surface area contributed by atoms with Crippen molar-refractivity contribution in [3.05, 3.63) is 54.1 Å². The van der Waals surface area contributed by atoms with Crippen LogP contribution in [0.4, 0.5) is 26.2 Å². The van der Waals surface area contributed by atoms with E-state index in [0.29, 0.717) is 11.6 Å². The lowest BCUT2D eigenvalue weighted by atomic mass is 9.88. The van der Waals surface area contributed by atoms with Crippen molar-refractivity contribution in [3.8, 4) is 5.88 Å². The third-order valence-electron chi connectivity index (χ3n) is 4.98. The van der Waals surface area contributed by atoms with Gasteiger partial charge in [-0.2, -0.15) is 0 Å². The number of aromatic nitrogens is 3. The van der Waals surface area contributed by atoms with E-state index >= 15 is 0 Å². The highest BCUT2D eigenvalue weighted by Crippen LogP contribution is 2.26. The minimum atomic E-state index is -1.04. The molecule has 0 unspecified atom stereocenters. The van der Waals surface area contributed by atoms with Crippen LogP contribution in [0.3, 0.4) is 0 Å². The van der Waals surface area contributed by atoms with E-state index in [0.717, 1.165) is 44.1 Å². The van der Waals surface area contributed by atoms with Gasteiger partial charge in [-0.15, -0.1) is 5.10 Å². The van der Waals surface area contributed by atoms with Crippen LogP contribution in [0.2, 0.25) is 0 Å². The van der Waals surface area contributed by atoms with Gasteiger partial charge in [0.2, 0.25) is 5.88 Å². The van der Waals surface area contributed by atoms with E-state index in [-0.39, 0.29) is 29.6 Å². The Kier molecular flexibility index (Phi) is 6.34. The summed E-state index contributed by atoms with van der Waals surface area (Å²) < 4.78 is 37.3. The second-order valence-electron chi connectivity index (χ2n) is 7.30. The number of aldehydes is 1. The zero-order chi connectivity index (χ0) is 22.5. The van der Waals surface area contributed by atoms with Gasteiger partial charge in [0.15, 0.2) is 11.6 Å². The molecule has 9 nitrogen and oxygen atoms in total. The number of pyridine rings is 1. The number of rotatable bonds is 7. The molecule has 1 aliphatic rings. The number of nitrogens with one attached hydrogen (secondary N) is 2. The number of amides is 1. The fraction of sp³-hybridized carbons (Fsp3) is 0.286. The second kappa shape index (κ2) is 9.50. The number of anilines is 3. The van der Waals surface area contributed by atoms with E-state index in [9.17, 15) is 18.4 Å². The first-order valence-corrected chi connectivity index (χ1v) is 9.95. The first-order valence-electron chi connectivity index (χ1n) is 9.95. The van der Waals surface area contributed by atoms with E-state index in [2.05, 4.69) is 25.8 Å². The Labute approximate surface area is 181 Å². The van der Waals surface area contributed by atoms with E-state index < -0.39 is 17.5 Å². The molecule has 0 aliphatic heterocycles. The molecule has 2 heterocycles. The Morgan fingerprint density at radius 1 is 1.06 bits per heavy atom. The third kappa shape index (κ3) is 5.23. The number of hydrogen-bond acceptors (Lipinski definition) is 8. The van der Waals surface area contributed by atoms with E-state index in [1.54, 1.807) is 12.1 Å². The van der Waals surface area contributed by atoms with Crippen LogP contribution in [-0.2, 0) is 4.79 Å². The van der Waals surface area contributed by atoms with E-state index in [4.69, 9.17) is 9.15 Å². The minimum absolute atomic E-state index is 0.0121.